The van der Waals surface area contributed by atoms with Crippen molar-refractivity contribution in [2.45, 2.75) is 19.4 Å². The predicted molar refractivity (Wildman–Crippen MR) is 98.8 cm³/mol. The molecule has 2 atom stereocenters. The third-order valence-corrected chi connectivity index (χ3v) is 6.07. The Bertz CT molecular complexity index is 655. The Morgan fingerprint density at radius 3 is 2.62 bits per heavy atom. The Hall–Kier alpha value is -1.76. The highest BCUT2D eigenvalue weighted by atomic mass is 32.2. The van der Waals surface area contributed by atoms with Crippen molar-refractivity contribution in [3.63, 3.8) is 0 Å². The summed E-state index contributed by atoms with van der Waals surface area (Å²) in [5.41, 5.74) is 0. The first-order valence-electron chi connectivity index (χ1n) is 8.68. The van der Waals surface area contributed by atoms with Crippen LogP contribution in [0.3, 0.4) is 0 Å². The molecule has 2 aliphatic heterocycles. The van der Waals surface area contributed by atoms with E-state index in [2.05, 4.69) is 48.5 Å². The Morgan fingerprint density at radius 2 is 1.88 bits per heavy atom. The smallest absolute Gasteiger partial charge is 0.134 e. The molecular weight excluding hydrogens is 320 g/mol. The molecule has 2 saturated heterocycles. The van der Waals surface area contributed by atoms with Crippen LogP contribution >= 0.6 is 11.8 Å². The number of hydrogen-bond acceptors (Lipinski definition) is 6. The molecule has 7 heteroatoms. The van der Waals surface area contributed by atoms with Crippen molar-refractivity contribution >= 4 is 23.4 Å². The number of piperidine rings is 1. The molecule has 0 bridgehead atoms. The highest BCUT2D eigenvalue weighted by Crippen LogP contribution is 2.30. The molecule has 4 heterocycles. The molecule has 0 spiro atoms. The van der Waals surface area contributed by atoms with Crippen molar-refractivity contribution in [1.82, 2.24) is 19.5 Å². The Kier molecular flexibility index (Phi) is 4.60. The summed E-state index contributed by atoms with van der Waals surface area (Å²) in [5.74, 6) is 5.14. The van der Waals surface area contributed by atoms with E-state index in [1.54, 1.807) is 6.33 Å². The summed E-state index contributed by atoms with van der Waals surface area (Å²) >= 11 is 2.02. The van der Waals surface area contributed by atoms with Gasteiger partial charge in [0.05, 0.1) is 12.4 Å². The molecule has 0 unspecified atom stereocenters. The topological polar surface area (TPSA) is 50.1 Å². The van der Waals surface area contributed by atoms with Crippen LogP contribution in [0.15, 0.2) is 31.1 Å². The van der Waals surface area contributed by atoms with E-state index in [1.165, 1.54) is 17.9 Å². The van der Waals surface area contributed by atoms with Gasteiger partial charge in [0.15, 0.2) is 0 Å². The molecule has 24 heavy (non-hydrogen) atoms. The number of nitrogens with zero attached hydrogens (tertiary/aromatic N) is 6. The largest absolute Gasteiger partial charge is 0.355 e. The second-order valence-electron chi connectivity index (χ2n) is 6.62. The monoisotopic (exact) mass is 344 g/mol. The average molecular weight is 344 g/mol. The highest BCUT2D eigenvalue weighted by molar-refractivity contribution is 7.99. The lowest BCUT2D eigenvalue weighted by Gasteiger charge is -2.38. The summed E-state index contributed by atoms with van der Waals surface area (Å²) in [4.78, 5) is 18.1. The highest BCUT2D eigenvalue weighted by Gasteiger charge is 2.28. The zero-order chi connectivity index (χ0) is 16.4. The fourth-order valence-corrected chi connectivity index (χ4v) is 4.49. The lowest BCUT2D eigenvalue weighted by atomic mass is 9.93. The second kappa shape index (κ2) is 7.01. The zero-order valence-electron chi connectivity index (χ0n) is 14.1. The van der Waals surface area contributed by atoms with Crippen molar-refractivity contribution < 1.29 is 0 Å². The van der Waals surface area contributed by atoms with Gasteiger partial charge in [0, 0.05) is 56.1 Å². The quantitative estimate of drug-likeness (QED) is 0.852. The second-order valence-corrected chi connectivity index (χ2v) is 7.85. The number of anilines is 2. The van der Waals surface area contributed by atoms with Crippen molar-refractivity contribution in [2.75, 3.05) is 47.5 Å². The van der Waals surface area contributed by atoms with E-state index in [-0.39, 0.29) is 0 Å². The van der Waals surface area contributed by atoms with Gasteiger partial charge in [-0.15, -0.1) is 0 Å². The average Bonchev–Trinajstić information content (AvgIpc) is 3.17. The van der Waals surface area contributed by atoms with Crippen molar-refractivity contribution in [3.05, 3.63) is 31.1 Å². The van der Waals surface area contributed by atoms with Crippen LogP contribution in [0.2, 0.25) is 0 Å². The number of aromatic nitrogens is 4. The lowest BCUT2D eigenvalue weighted by molar-refractivity contribution is 0.298. The maximum Gasteiger partial charge on any atom is 0.134 e. The number of thioether (sulfide) groups is 1. The van der Waals surface area contributed by atoms with Gasteiger partial charge in [-0.1, -0.05) is 6.92 Å². The Labute approximate surface area is 147 Å². The van der Waals surface area contributed by atoms with Gasteiger partial charge in [-0.05, 0) is 12.3 Å². The minimum atomic E-state index is 0.450. The van der Waals surface area contributed by atoms with Crippen LogP contribution in [0.5, 0.6) is 0 Å². The third kappa shape index (κ3) is 3.22. The molecule has 6 nitrogen and oxygen atoms in total. The van der Waals surface area contributed by atoms with Crippen molar-refractivity contribution in [1.29, 1.82) is 0 Å². The van der Waals surface area contributed by atoms with Crippen LogP contribution in [-0.4, -0.2) is 57.2 Å². The Morgan fingerprint density at radius 1 is 1.08 bits per heavy atom. The zero-order valence-corrected chi connectivity index (χ0v) is 14.9. The van der Waals surface area contributed by atoms with E-state index < -0.39 is 0 Å². The number of imidazole rings is 1. The summed E-state index contributed by atoms with van der Waals surface area (Å²) in [6, 6.07) is 2.61. The standard InChI is InChI=1S/C17H24N6S/c1-14-2-4-22(11-15(14)23-5-3-18-13-23)17-10-16(19-12-20-17)21-6-8-24-9-7-21/h3,5,10,12-15H,2,4,6-9,11H2,1H3/t14-,15+/m1/s1. The summed E-state index contributed by atoms with van der Waals surface area (Å²) in [7, 11) is 0. The molecular formula is C17H24N6S. The molecule has 2 aliphatic rings. The van der Waals surface area contributed by atoms with Crippen LogP contribution in [0.25, 0.3) is 0 Å². The molecule has 0 radical (unpaired) electrons. The first-order valence-corrected chi connectivity index (χ1v) is 9.84. The van der Waals surface area contributed by atoms with Crippen LogP contribution in [0, 0.1) is 5.92 Å². The maximum absolute atomic E-state index is 4.56. The van der Waals surface area contributed by atoms with Crippen LogP contribution in [0.4, 0.5) is 11.6 Å². The van der Waals surface area contributed by atoms with Gasteiger partial charge in [-0.2, -0.15) is 11.8 Å². The van der Waals surface area contributed by atoms with E-state index in [1.807, 2.05) is 24.3 Å². The van der Waals surface area contributed by atoms with Gasteiger partial charge in [-0.3, -0.25) is 0 Å². The van der Waals surface area contributed by atoms with E-state index in [4.69, 9.17) is 0 Å². The summed E-state index contributed by atoms with van der Waals surface area (Å²) in [6.45, 7) is 6.52. The molecule has 0 aliphatic carbocycles. The molecule has 128 valence electrons. The van der Waals surface area contributed by atoms with Gasteiger partial charge in [-0.25, -0.2) is 15.0 Å². The minimum Gasteiger partial charge on any atom is -0.355 e. The van der Waals surface area contributed by atoms with Gasteiger partial charge >= 0.3 is 0 Å². The van der Waals surface area contributed by atoms with Crippen molar-refractivity contribution in [3.8, 4) is 0 Å². The molecule has 0 N–H and O–H groups in total. The van der Waals surface area contributed by atoms with Gasteiger partial charge in [0.2, 0.25) is 0 Å². The number of rotatable bonds is 3. The predicted octanol–water partition coefficient (Wildman–Crippen LogP) is 2.31. The van der Waals surface area contributed by atoms with E-state index in [0.717, 1.165) is 37.8 Å². The van der Waals surface area contributed by atoms with E-state index in [0.29, 0.717) is 12.0 Å². The van der Waals surface area contributed by atoms with Crippen molar-refractivity contribution in [2.24, 2.45) is 5.92 Å². The molecule has 4 rings (SSSR count). The fraction of sp³-hybridized carbons (Fsp3) is 0.588. The molecule has 0 amide bonds. The first kappa shape index (κ1) is 15.7. The van der Waals surface area contributed by atoms with Crippen LogP contribution < -0.4 is 9.80 Å². The minimum absolute atomic E-state index is 0.450. The fourth-order valence-electron chi connectivity index (χ4n) is 3.59. The summed E-state index contributed by atoms with van der Waals surface area (Å²) in [5, 5.41) is 0. The third-order valence-electron chi connectivity index (χ3n) is 5.12. The molecule has 0 saturated carbocycles. The van der Waals surface area contributed by atoms with Crippen LogP contribution in [-0.2, 0) is 0 Å². The van der Waals surface area contributed by atoms with Gasteiger partial charge in [0.25, 0.3) is 0 Å². The van der Waals surface area contributed by atoms with E-state index >= 15 is 0 Å². The van der Waals surface area contributed by atoms with E-state index in [9.17, 15) is 0 Å². The van der Waals surface area contributed by atoms with Gasteiger partial charge < -0.3 is 14.4 Å². The first-order chi connectivity index (χ1) is 11.8. The van der Waals surface area contributed by atoms with Gasteiger partial charge in [0.1, 0.15) is 18.0 Å². The number of hydrogen-bond donors (Lipinski definition) is 0. The lowest BCUT2D eigenvalue weighted by Crippen LogP contribution is -2.41. The Balaban J connectivity index is 1.53. The SMILES string of the molecule is C[C@@H]1CCN(c2cc(N3CCSCC3)ncn2)C[C@@H]1n1ccnc1. The molecule has 2 fully saturated rings. The summed E-state index contributed by atoms with van der Waals surface area (Å²) < 4.78 is 2.24. The molecule has 2 aromatic rings. The maximum atomic E-state index is 4.56. The normalized spacial score (nSPS) is 25.0. The van der Waals surface area contributed by atoms with Crippen LogP contribution in [0.1, 0.15) is 19.4 Å². The summed E-state index contributed by atoms with van der Waals surface area (Å²) in [6.07, 6.45) is 8.75. The molecule has 2 aromatic heterocycles. The molecule has 0 aromatic carbocycles.